The highest BCUT2D eigenvalue weighted by Gasteiger charge is 2.53. The van der Waals surface area contributed by atoms with Crippen LogP contribution in [0.25, 0.3) is 0 Å². The van der Waals surface area contributed by atoms with Crippen molar-refractivity contribution in [1.29, 1.82) is 0 Å². The van der Waals surface area contributed by atoms with Gasteiger partial charge in [-0.3, -0.25) is 0 Å². The minimum atomic E-state index is -5.38. The van der Waals surface area contributed by atoms with Gasteiger partial charge in [0.15, 0.2) is 6.29 Å². The summed E-state index contributed by atoms with van der Waals surface area (Å²) in [5.74, 6) is -1.28. The van der Waals surface area contributed by atoms with Crippen molar-refractivity contribution in [3.8, 4) is 0 Å². The fraction of sp³-hybridized carbons (Fsp3) is 0.833. The van der Waals surface area contributed by atoms with Crippen molar-refractivity contribution in [1.82, 2.24) is 0 Å². The molecule has 1 aliphatic heterocycles. The zero-order chi connectivity index (χ0) is 15.7. The van der Waals surface area contributed by atoms with Crippen LogP contribution in [0.2, 0.25) is 0 Å². The van der Waals surface area contributed by atoms with Gasteiger partial charge in [0, 0.05) is 18.9 Å². The maximum atomic E-state index is 12.8. The lowest BCUT2D eigenvalue weighted by Gasteiger charge is -2.34. The summed E-state index contributed by atoms with van der Waals surface area (Å²) in [6, 6.07) is 0. The van der Waals surface area contributed by atoms with Crippen LogP contribution in [0.1, 0.15) is 34.1 Å². The third kappa shape index (κ3) is 3.28. The normalized spacial score (nSPS) is 25.0. The molecule has 0 saturated carbocycles. The van der Waals surface area contributed by atoms with E-state index in [0.29, 0.717) is 6.61 Å². The van der Waals surface area contributed by atoms with E-state index in [1.165, 1.54) is 6.92 Å². The minimum absolute atomic E-state index is 0.0908. The van der Waals surface area contributed by atoms with Crippen LogP contribution in [0.3, 0.4) is 0 Å². The number of sulfone groups is 1. The van der Waals surface area contributed by atoms with Gasteiger partial charge in [0.1, 0.15) is 5.76 Å². The fourth-order valence-corrected chi connectivity index (χ4v) is 3.70. The largest absolute Gasteiger partial charge is 0.501 e. The van der Waals surface area contributed by atoms with Gasteiger partial charge in [-0.2, -0.15) is 13.2 Å². The summed E-state index contributed by atoms with van der Waals surface area (Å²) in [7, 11) is -5.38. The number of allylic oxidation sites excluding steroid dienone is 2. The van der Waals surface area contributed by atoms with Gasteiger partial charge in [0.05, 0.1) is 4.91 Å². The van der Waals surface area contributed by atoms with Gasteiger partial charge in [-0.25, -0.2) is 8.42 Å². The average molecular weight is 316 g/mol. The lowest BCUT2D eigenvalue weighted by Crippen LogP contribution is -2.37. The highest BCUT2D eigenvalue weighted by molar-refractivity contribution is 7.96. The molecule has 0 aliphatic carbocycles. The predicted octanol–water partition coefficient (Wildman–Crippen LogP) is 3.21. The van der Waals surface area contributed by atoms with Crippen molar-refractivity contribution in [3.05, 3.63) is 10.7 Å². The summed E-state index contributed by atoms with van der Waals surface area (Å²) >= 11 is 0. The first-order valence-corrected chi connectivity index (χ1v) is 7.81. The Hall–Kier alpha value is -0.760. The van der Waals surface area contributed by atoms with E-state index in [1.54, 1.807) is 20.8 Å². The lowest BCUT2D eigenvalue weighted by molar-refractivity contribution is -0.133. The molecule has 0 fully saturated rings. The quantitative estimate of drug-likeness (QED) is 0.799. The Morgan fingerprint density at radius 1 is 1.40 bits per heavy atom. The van der Waals surface area contributed by atoms with Crippen molar-refractivity contribution in [2.45, 2.75) is 45.9 Å². The summed E-state index contributed by atoms with van der Waals surface area (Å²) in [6.07, 6.45) is -0.618. The summed E-state index contributed by atoms with van der Waals surface area (Å²) < 4.78 is 72.1. The Bertz CT molecular complexity index is 479. The van der Waals surface area contributed by atoms with Crippen LogP contribution in [0.4, 0.5) is 13.2 Å². The molecule has 2 atom stereocenters. The summed E-state index contributed by atoms with van der Waals surface area (Å²) in [5, 5.41) is 0. The molecule has 4 nitrogen and oxygen atoms in total. The molecule has 8 heteroatoms. The van der Waals surface area contributed by atoms with Crippen molar-refractivity contribution in [3.63, 3.8) is 0 Å². The Morgan fingerprint density at radius 2 is 1.95 bits per heavy atom. The fourth-order valence-electron chi connectivity index (χ4n) is 2.25. The molecule has 1 rings (SSSR count). The van der Waals surface area contributed by atoms with Gasteiger partial charge in [-0.05, 0) is 19.8 Å². The van der Waals surface area contributed by atoms with Crippen molar-refractivity contribution in [2.75, 3.05) is 6.61 Å². The smallest absolute Gasteiger partial charge is 0.469 e. The van der Waals surface area contributed by atoms with Crippen molar-refractivity contribution in [2.24, 2.45) is 11.8 Å². The molecule has 0 radical (unpaired) electrons. The highest BCUT2D eigenvalue weighted by atomic mass is 32.2. The van der Waals surface area contributed by atoms with Crippen LogP contribution in [0.15, 0.2) is 10.7 Å². The second-order valence-electron chi connectivity index (χ2n) is 4.96. The number of hydrogen-bond donors (Lipinski definition) is 0. The van der Waals surface area contributed by atoms with Gasteiger partial charge in [-0.15, -0.1) is 0 Å². The van der Waals surface area contributed by atoms with Gasteiger partial charge >= 0.3 is 5.51 Å². The Kier molecular flexibility index (Phi) is 5.13. The standard InChI is InChI=1S/C12H19F3O4S/c1-5-18-10-6-9(7(2)3)11(8(4)19-10)20(16,17)12(13,14)15/h7,9-10H,5-6H2,1-4H3/t9-,10-/m1/s1. The van der Waals surface area contributed by atoms with Crippen LogP contribution in [0.5, 0.6) is 0 Å². The number of ether oxygens (including phenoxy) is 2. The van der Waals surface area contributed by atoms with E-state index in [9.17, 15) is 21.6 Å². The van der Waals surface area contributed by atoms with E-state index in [0.717, 1.165) is 0 Å². The average Bonchev–Trinajstić information content (AvgIpc) is 2.26. The first-order chi connectivity index (χ1) is 9.02. The minimum Gasteiger partial charge on any atom is -0.469 e. The van der Waals surface area contributed by atoms with Gasteiger partial charge in [0.25, 0.3) is 9.84 Å². The molecule has 20 heavy (non-hydrogen) atoms. The zero-order valence-electron chi connectivity index (χ0n) is 11.8. The first kappa shape index (κ1) is 17.3. The number of hydrogen-bond acceptors (Lipinski definition) is 4. The van der Waals surface area contributed by atoms with Crippen LogP contribution < -0.4 is 0 Å². The number of halogens is 3. The number of rotatable bonds is 4. The molecule has 1 aliphatic rings. The first-order valence-electron chi connectivity index (χ1n) is 6.32. The SMILES string of the molecule is CCO[C@H]1C[C@H](C(C)C)C(S(=O)(=O)C(F)(F)F)=C(C)O1. The van der Waals surface area contributed by atoms with Gasteiger partial charge in [-0.1, -0.05) is 13.8 Å². The van der Waals surface area contributed by atoms with E-state index < -0.39 is 32.5 Å². The van der Waals surface area contributed by atoms with Crippen molar-refractivity contribution >= 4 is 9.84 Å². The summed E-state index contributed by atoms with van der Waals surface area (Å²) in [4.78, 5) is -0.670. The molecule has 0 aromatic carbocycles. The molecule has 0 amide bonds. The van der Waals surface area contributed by atoms with Crippen LogP contribution in [-0.2, 0) is 19.3 Å². The molecule has 0 unspecified atom stereocenters. The van der Waals surface area contributed by atoms with E-state index in [4.69, 9.17) is 9.47 Å². The molecule has 0 N–H and O–H groups in total. The second-order valence-corrected chi connectivity index (χ2v) is 6.87. The Morgan fingerprint density at radius 3 is 2.35 bits per heavy atom. The maximum Gasteiger partial charge on any atom is 0.501 e. The van der Waals surface area contributed by atoms with E-state index >= 15 is 0 Å². The molecular weight excluding hydrogens is 297 g/mol. The molecule has 0 saturated heterocycles. The molecule has 0 bridgehead atoms. The molecule has 0 aromatic heterocycles. The number of alkyl halides is 3. The second kappa shape index (κ2) is 5.93. The topological polar surface area (TPSA) is 52.6 Å². The van der Waals surface area contributed by atoms with E-state index in [-0.39, 0.29) is 18.1 Å². The molecule has 1 heterocycles. The zero-order valence-corrected chi connectivity index (χ0v) is 12.6. The van der Waals surface area contributed by atoms with Gasteiger partial charge < -0.3 is 9.47 Å². The van der Waals surface area contributed by atoms with E-state index in [1.807, 2.05) is 0 Å². The Balaban J connectivity index is 3.30. The third-order valence-corrected chi connectivity index (χ3v) is 4.97. The molecular formula is C12H19F3O4S. The molecule has 0 spiro atoms. The third-order valence-electron chi connectivity index (χ3n) is 3.19. The Labute approximate surface area is 116 Å². The van der Waals surface area contributed by atoms with Crippen LogP contribution in [-0.4, -0.2) is 26.8 Å². The predicted molar refractivity (Wildman–Crippen MR) is 67.1 cm³/mol. The maximum absolute atomic E-state index is 12.8. The lowest BCUT2D eigenvalue weighted by atomic mass is 9.90. The summed E-state index contributed by atoms with van der Waals surface area (Å²) in [5.41, 5.74) is -5.32. The van der Waals surface area contributed by atoms with Gasteiger partial charge in [0.2, 0.25) is 0 Å². The summed E-state index contributed by atoms with van der Waals surface area (Å²) in [6.45, 7) is 6.66. The molecule has 118 valence electrons. The van der Waals surface area contributed by atoms with E-state index in [2.05, 4.69) is 0 Å². The monoisotopic (exact) mass is 316 g/mol. The molecule has 0 aromatic rings. The van der Waals surface area contributed by atoms with Crippen molar-refractivity contribution < 1.29 is 31.1 Å². The van der Waals surface area contributed by atoms with Crippen LogP contribution in [0, 0.1) is 11.8 Å². The highest BCUT2D eigenvalue weighted by Crippen LogP contribution is 2.43. The van der Waals surface area contributed by atoms with Crippen LogP contribution >= 0.6 is 0 Å².